The topological polar surface area (TPSA) is 138 Å². The van der Waals surface area contributed by atoms with Crippen molar-refractivity contribution in [3.05, 3.63) is 24.0 Å². The lowest BCUT2D eigenvalue weighted by Crippen LogP contribution is -2.33. The summed E-state index contributed by atoms with van der Waals surface area (Å²) in [5.41, 5.74) is 6.41. The van der Waals surface area contributed by atoms with Gasteiger partial charge in [0.15, 0.2) is 6.23 Å². The lowest BCUT2D eigenvalue weighted by molar-refractivity contribution is -0.0586. The van der Waals surface area contributed by atoms with Gasteiger partial charge in [0.25, 0.3) is 0 Å². The highest BCUT2D eigenvalue weighted by atomic mass is 16.6. The molecule has 4 unspecified atom stereocenters. The number of aliphatic hydroxyl groups is 3. The van der Waals surface area contributed by atoms with Gasteiger partial charge >= 0.3 is 0 Å². The van der Waals surface area contributed by atoms with Crippen molar-refractivity contribution in [3.8, 4) is 0 Å². The van der Waals surface area contributed by atoms with E-state index in [0.717, 1.165) is 6.21 Å². The molecule has 0 amide bonds. The number of allylic oxidation sites excluding steroid dienone is 1. The van der Waals surface area contributed by atoms with Crippen LogP contribution in [0.5, 0.6) is 0 Å². The fourth-order valence-electron chi connectivity index (χ4n) is 1.91. The van der Waals surface area contributed by atoms with Crippen molar-refractivity contribution in [2.75, 3.05) is 6.61 Å². The maximum absolute atomic E-state index is 9.83. The summed E-state index contributed by atoms with van der Waals surface area (Å²) < 4.78 is 6.64. The minimum atomic E-state index is -1.18. The zero-order valence-electron chi connectivity index (χ0n) is 10.0. The zero-order valence-corrected chi connectivity index (χ0v) is 10.0. The van der Waals surface area contributed by atoms with Gasteiger partial charge in [-0.3, -0.25) is 0 Å². The molecular weight excluding hydrogens is 252 g/mol. The second kappa shape index (κ2) is 5.49. The number of nitrogens with one attached hydrogen (secondary N) is 1. The molecule has 1 aromatic heterocycles. The smallest absolute Gasteiger partial charge is 0.179 e. The van der Waals surface area contributed by atoms with E-state index in [2.05, 4.69) is 5.10 Å². The Kier molecular flexibility index (Phi) is 3.96. The van der Waals surface area contributed by atoms with Crippen LogP contribution in [0.3, 0.4) is 0 Å². The number of rotatable bonds is 4. The van der Waals surface area contributed by atoms with E-state index >= 15 is 0 Å². The SMILES string of the molecule is N=C/C=C(\N)c1ccn(C2OC(CO)C(O)C2O)n1. The molecule has 2 heterocycles. The van der Waals surface area contributed by atoms with E-state index in [0.29, 0.717) is 11.4 Å². The molecule has 0 saturated carbocycles. The first-order valence-electron chi connectivity index (χ1n) is 5.72. The third-order valence-corrected chi connectivity index (χ3v) is 2.94. The van der Waals surface area contributed by atoms with Gasteiger partial charge in [0.2, 0.25) is 0 Å². The number of hydrogen-bond acceptors (Lipinski definition) is 7. The maximum atomic E-state index is 9.83. The van der Waals surface area contributed by atoms with Crippen LogP contribution in [0, 0.1) is 5.41 Å². The number of nitrogens with two attached hydrogens (primary N) is 1. The van der Waals surface area contributed by atoms with Gasteiger partial charge in [-0.2, -0.15) is 5.10 Å². The van der Waals surface area contributed by atoms with Gasteiger partial charge in [0, 0.05) is 12.4 Å². The molecule has 0 bridgehead atoms. The molecule has 1 aromatic rings. The Morgan fingerprint density at radius 2 is 2.26 bits per heavy atom. The summed E-state index contributed by atoms with van der Waals surface area (Å²) in [6.07, 6.45) is -0.115. The van der Waals surface area contributed by atoms with Gasteiger partial charge in [-0.05, 0) is 12.1 Å². The van der Waals surface area contributed by atoms with Crippen LogP contribution in [0.25, 0.3) is 5.70 Å². The van der Waals surface area contributed by atoms with Crippen molar-refractivity contribution in [2.45, 2.75) is 24.5 Å². The number of nitrogens with zero attached hydrogens (tertiary/aromatic N) is 2. The molecule has 0 aliphatic carbocycles. The number of aliphatic hydroxyl groups excluding tert-OH is 3. The fourth-order valence-corrected chi connectivity index (χ4v) is 1.91. The Balaban J connectivity index is 2.20. The second-order valence-electron chi connectivity index (χ2n) is 4.20. The standard InChI is InChI=1S/C11H16N4O4/c12-3-1-6(13)7-2-4-15(14-7)11-10(18)9(17)8(5-16)19-11/h1-4,8-12,16-18H,5,13H2/b6-1-,12-3?. The highest BCUT2D eigenvalue weighted by Crippen LogP contribution is 2.28. The number of hydrogen-bond donors (Lipinski definition) is 5. The predicted octanol–water partition coefficient (Wildman–Crippen LogP) is -1.56. The van der Waals surface area contributed by atoms with Crippen LogP contribution in [0.1, 0.15) is 11.9 Å². The molecule has 1 aliphatic heterocycles. The normalized spacial score (nSPS) is 31.6. The van der Waals surface area contributed by atoms with Crippen LogP contribution in [0.4, 0.5) is 0 Å². The van der Waals surface area contributed by atoms with E-state index < -0.39 is 31.1 Å². The Morgan fingerprint density at radius 3 is 2.84 bits per heavy atom. The van der Waals surface area contributed by atoms with Gasteiger partial charge in [-0.15, -0.1) is 0 Å². The van der Waals surface area contributed by atoms with E-state index in [1.54, 1.807) is 12.3 Å². The first-order chi connectivity index (χ1) is 9.08. The molecule has 1 fully saturated rings. The highest BCUT2D eigenvalue weighted by Gasteiger charge is 2.43. The van der Waals surface area contributed by atoms with E-state index in [1.807, 2.05) is 0 Å². The summed E-state index contributed by atoms with van der Waals surface area (Å²) in [4.78, 5) is 0. The second-order valence-corrected chi connectivity index (χ2v) is 4.20. The molecule has 104 valence electrons. The maximum Gasteiger partial charge on any atom is 0.179 e. The Hall–Kier alpha value is -1.74. The lowest BCUT2D eigenvalue weighted by atomic mass is 10.1. The molecule has 19 heavy (non-hydrogen) atoms. The minimum absolute atomic E-state index is 0.306. The number of ether oxygens (including phenoxy) is 1. The monoisotopic (exact) mass is 268 g/mol. The first kappa shape index (κ1) is 13.7. The van der Waals surface area contributed by atoms with Gasteiger partial charge in [-0.25, -0.2) is 4.68 Å². The van der Waals surface area contributed by atoms with Gasteiger partial charge in [0.05, 0.1) is 12.3 Å². The Morgan fingerprint density at radius 1 is 1.53 bits per heavy atom. The largest absolute Gasteiger partial charge is 0.397 e. The van der Waals surface area contributed by atoms with Crippen LogP contribution in [0.2, 0.25) is 0 Å². The van der Waals surface area contributed by atoms with Crippen LogP contribution >= 0.6 is 0 Å². The Bertz CT molecular complexity index is 487. The molecule has 0 radical (unpaired) electrons. The summed E-state index contributed by atoms with van der Waals surface area (Å²) in [5, 5.41) is 39.5. The van der Waals surface area contributed by atoms with Crippen LogP contribution in [0.15, 0.2) is 18.3 Å². The average molecular weight is 268 g/mol. The summed E-state index contributed by atoms with van der Waals surface area (Å²) in [6.45, 7) is -0.390. The molecule has 1 saturated heterocycles. The van der Waals surface area contributed by atoms with E-state index in [4.69, 9.17) is 21.0 Å². The van der Waals surface area contributed by atoms with Crippen LogP contribution in [-0.4, -0.2) is 56.2 Å². The summed E-state index contributed by atoms with van der Waals surface area (Å²) in [5.74, 6) is 0. The third kappa shape index (κ3) is 2.51. The summed E-state index contributed by atoms with van der Waals surface area (Å²) in [6, 6.07) is 1.60. The predicted molar refractivity (Wildman–Crippen MR) is 66.2 cm³/mol. The molecule has 1 aliphatic rings. The van der Waals surface area contributed by atoms with Crippen molar-refractivity contribution < 1.29 is 20.1 Å². The van der Waals surface area contributed by atoms with Crippen molar-refractivity contribution in [2.24, 2.45) is 5.73 Å². The van der Waals surface area contributed by atoms with E-state index in [-0.39, 0.29) is 0 Å². The first-order valence-corrected chi connectivity index (χ1v) is 5.72. The van der Waals surface area contributed by atoms with E-state index in [1.165, 1.54) is 10.8 Å². The Labute approximate surface area is 109 Å². The van der Waals surface area contributed by atoms with Gasteiger partial charge in [0.1, 0.15) is 24.0 Å². The van der Waals surface area contributed by atoms with Crippen LogP contribution in [-0.2, 0) is 4.74 Å². The average Bonchev–Trinajstić information content (AvgIpc) is 2.97. The zero-order chi connectivity index (χ0) is 14.0. The van der Waals surface area contributed by atoms with Crippen molar-refractivity contribution in [1.82, 2.24) is 9.78 Å². The molecule has 2 rings (SSSR count). The molecule has 8 heteroatoms. The van der Waals surface area contributed by atoms with Gasteiger partial charge < -0.3 is 31.2 Å². The highest BCUT2D eigenvalue weighted by molar-refractivity contribution is 5.80. The van der Waals surface area contributed by atoms with Crippen molar-refractivity contribution in [1.29, 1.82) is 5.41 Å². The van der Waals surface area contributed by atoms with Gasteiger partial charge in [-0.1, -0.05) is 0 Å². The number of aromatic nitrogens is 2. The fraction of sp³-hybridized carbons (Fsp3) is 0.455. The quantitative estimate of drug-likeness (QED) is 0.419. The van der Waals surface area contributed by atoms with E-state index in [9.17, 15) is 10.2 Å². The molecule has 0 spiro atoms. The molecule has 4 atom stereocenters. The molecular formula is C11H16N4O4. The summed E-state index contributed by atoms with van der Waals surface area (Å²) >= 11 is 0. The van der Waals surface area contributed by atoms with Crippen molar-refractivity contribution >= 4 is 11.9 Å². The molecule has 8 nitrogen and oxygen atoms in total. The minimum Gasteiger partial charge on any atom is -0.397 e. The summed E-state index contributed by atoms with van der Waals surface area (Å²) in [7, 11) is 0. The lowest BCUT2D eigenvalue weighted by Gasteiger charge is -2.14. The van der Waals surface area contributed by atoms with Crippen LogP contribution < -0.4 is 5.73 Å². The molecule has 0 aromatic carbocycles. The molecule has 6 N–H and O–H groups in total. The van der Waals surface area contributed by atoms with Crippen molar-refractivity contribution in [3.63, 3.8) is 0 Å². The third-order valence-electron chi connectivity index (χ3n) is 2.94.